The van der Waals surface area contributed by atoms with Gasteiger partial charge in [0.2, 0.25) is 5.95 Å². The van der Waals surface area contributed by atoms with E-state index in [0.29, 0.717) is 5.56 Å². The second-order valence-electron chi connectivity index (χ2n) is 4.15. The van der Waals surface area contributed by atoms with Crippen molar-refractivity contribution in [3.05, 3.63) is 65.2 Å². The molecule has 1 aromatic carbocycles. The lowest BCUT2D eigenvalue weighted by atomic mass is 10.1. The summed E-state index contributed by atoms with van der Waals surface area (Å²) < 4.78 is 38.7. The van der Waals surface area contributed by atoms with Gasteiger partial charge in [0, 0.05) is 30.4 Å². The molecule has 1 heterocycles. The molecule has 0 radical (unpaired) electrons. The number of amides is 1. The number of nitrogens with zero attached hydrogens (tertiary/aromatic N) is 1. The lowest BCUT2D eigenvalue weighted by molar-refractivity contribution is 0.0953. The molecule has 104 valence electrons. The Labute approximate surface area is 113 Å². The van der Waals surface area contributed by atoms with Crippen molar-refractivity contribution >= 4 is 5.91 Å². The summed E-state index contributed by atoms with van der Waals surface area (Å²) in [6.07, 6.45) is 1.46. The van der Waals surface area contributed by atoms with E-state index in [1.165, 1.54) is 24.4 Å². The van der Waals surface area contributed by atoms with E-state index in [1.54, 1.807) is 0 Å². The van der Waals surface area contributed by atoms with Gasteiger partial charge < -0.3 is 5.32 Å². The van der Waals surface area contributed by atoms with E-state index in [9.17, 15) is 18.0 Å². The maximum absolute atomic E-state index is 12.9. The second kappa shape index (κ2) is 6.18. The average molecular weight is 280 g/mol. The Morgan fingerprint density at radius 1 is 1.10 bits per heavy atom. The Morgan fingerprint density at radius 3 is 2.45 bits per heavy atom. The maximum Gasteiger partial charge on any atom is 0.251 e. The molecule has 1 amide bonds. The third-order valence-corrected chi connectivity index (χ3v) is 2.61. The van der Waals surface area contributed by atoms with Gasteiger partial charge in [-0.3, -0.25) is 4.79 Å². The summed E-state index contributed by atoms with van der Waals surface area (Å²) in [5.74, 6) is -2.54. The molecule has 2 aromatic rings. The van der Waals surface area contributed by atoms with Crippen LogP contribution in [0.15, 0.2) is 36.5 Å². The fourth-order valence-corrected chi connectivity index (χ4v) is 1.72. The molecule has 6 heteroatoms. The van der Waals surface area contributed by atoms with Crippen LogP contribution < -0.4 is 5.32 Å². The van der Waals surface area contributed by atoms with E-state index in [2.05, 4.69) is 10.3 Å². The van der Waals surface area contributed by atoms with Gasteiger partial charge in [-0.05, 0) is 30.2 Å². The van der Waals surface area contributed by atoms with E-state index in [1.807, 2.05) is 0 Å². The molecule has 20 heavy (non-hydrogen) atoms. The molecule has 2 rings (SSSR count). The van der Waals surface area contributed by atoms with Crippen molar-refractivity contribution in [2.24, 2.45) is 0 Å². The first-order chi connectivity index (χ1) is 9.54. The summed E-state index contributed by atoms with van der Waals surface area (Å²) in [4.78, 5) is 15.0. The summed E-state index contributed by atoms with van der Waals surface area (Å²) in [5, 5.41) is 2.54. The molecule has 0 aliphatic rings. The van der Waals surface area contributed by atoms with E-state index in [0.717, 1.165) is 12.1 Å². The van der Waals surface area contributed by atoms with E-state index >= 15 is 0 Å². The minimum absolute atomic E-state index is 0.142. The largest absolute Gasteiger partial charge is 0.352 e. The number of hydrogen-bond acceptors (Lipinski definition) is 2. The number of aromatic nitrogens is 1. The average Bonchev–Trinajstić information content (AvgIpc) is 2.37. The molecule has 0 aliphatic carbocycles. The zero-order valence-corrected chi connectivity index (χ0v) is 10.4. The smallest absolute Gasteiger partial charge is 0.251 e. The van der Waals surface area contributed by atoms with Gasteiger partial charge >= 0.3 is 0 Å². The van der Waals surface area contributed by atoms with Gasteiger partial charge in [0.25, 0.3) is 5.91 Å². The molecule has 0 saturated heterocycles. The van der Waals surface area contributed by atoms with Gasteiger partial charge in [0.1, 0.15) is 11.6 Å². The minimum atomic E-state index is -0.746. The monoisotopic (exact) mass is 280 g/mol. The summed E-state index contributed by atoms with van der Waals surface area (Å²) in [5.41, 5.74) is 0.576. The van der Waals surface area contributed by atoms with Crippen LogP contribution in [0.2, 0.25) is 0 Å². The number of nitrogens with one attached hydrogen (secondary N) is 1. The summed E-state index contributed by atoms with van der Waals surface area (Å²) in [7, 11) is 0. The van der Waals surface area contributed by atoms with E-state index < -0.39 is 23.5 Å². The van der Waals surface area contributed by atoms with Gasteiger partial charge in [0.15, 0.2) is 0 Å². The summed E-state index contributed by atoms with van der Waals surface area (Å²) in [6.45, 7) is 0.186. The highest BCUT2D eigenvalue weighted by atomic mass is 19.1. The van der Waals surface area contributed by atoms with Crippen molar-refractivity contribution in [2.45, 2.75) is 6.42 Å². The van der Waals surface area contributed by atoms with Crippen LogP contribution in [0.4, 0.5) is 13.2 Å². The van der Waals surface area contributed by atoms with Crippen molar-refractivity contribution < 1.29 is 18.0 Å². The third-order valence-electron chi connectivity index (χ3n) is 2.61. The van der Waals surface area contributed by atoms with Crippen molar-refractivity contribution in [3.8, 4) is 0 Å². The standard InChI is InChI=1S/C14H11F3N2O/c15-11-5-9(6-12(16)8-11)1-3-19-14(20)10-2-4-18-13(17)7-10/h2,4-8H,1,3H2,(H,19,20). The third kappa shape index (κ3) is 3.81. The summed E-state index contributed by atoms with van der Waals surface area (Å²) in [6, 6.07) is 5.56. The van der Waals surface area contributed by atoms with Crippen LogP contribution >= 0.6 is 0 Å². The molecular weight excluding hydrogens is 269 g/mol. The number of halogens is 3. The molecule has 0 fully saturated rings. The van der Waals surface area contributed by atoms with Gasteiger partial charge in [-0.25, -0.2) is 13.8 Å². The van der Waals surface area contributed by atoms with Crippen LogP contribution in [0.5, 0.6) is 0 Å². The zero-order valence-electron chi connectivity index (χ0n) is 10.4. The minimum Gasteiger partial charge on any atom is -0.352 e. The van der Waals surface area contributed by atoms with Crippen molar-refractivity contribution in [2.75, 3.05) is 6.54 Å². The fraction of sp³-hybridized carbons (Fsp3) is 0.143. The number of hydrogen-bond donors (Lipinski definition) is 1. The second-order valence-corrected chi connectivity index (χ2v) is 4.15. The number of rotatable bonds is 4. The summed E-state index contributed by atoms with van der Waals surface area (Å²) >= 11 is 0. The molecule has 0 spiro atoms. The number of pyridine rings is 1. The van der Waals surface area contributed by atoms with Crippen molar-refractivity contribution in [3.63, 3.8) is 0 Å². The highest BCUT2D eigenvalue weighted by Gasteiger charge is 2.07. The van der Waals surface area contributed by atoms with E-state index in [4.69, 9.17) is 0 Å². The Balaban J connectivity index is 1.91. The molecule has 1 aromatic heterocycles. The first kappa shape index (κ1) is 14.0. The van der Waals surface area contributed by atoms with Gasteiger partial charge in [-0.2, -0.15) is 4.39 Å². The molecular formula is C14H11F3N2O. The Kier molecular flexibility index (Phi) is 4.34. The van der Waals surface area contributed by atoms with Crippen LogP contribution in [0.1, 0.15) is 15.9 Å². The van der Waals surface area contributed by atoms with Crippen molar-refractivity contribution in [1.82, 2.24) is 10.3 Å². The molecule has 0 saturated carbocycles. The Morgan fingerprint density at radius 2 is 1.80 bits per heavy atom. The topological polar surface area (TPSA) is 42.0 Å². The van der Waals surface area contributed by atoms with Crippen LogP contribution in [-0.2, 0) is 6.42 Å². The van der Waals surface area contributed by atoms with Gasteiger partial charge in [-0.1, -0.05) is 0 Å². The predicted molar refractivity (Wildman–Crippen MR) is 66.6 cm³/mol. The molecule has 3 nitrogen and oxygen atoms in total. The quantitative estimate of drug-likeness (QED) is 0.874. The molecule has 0 aliphatic heterocycles. The SMILES string of the molecule is O=C(NCCc1cc(F)cc(F)c1)c1ccnc(F)c1. The van der Waals surface area contributed by atoms with E-state index in [-0.39, 0.29) is 18.5 Å². The molecule has 0 unspecified atom stereocenters. The normalized spacial score (nSPS) is 10.3. The first-order valence-electron chi connectivity index (χ1n) is 5.89. The first-order valence-corrected chi connectivity index (χ1v) is 5.89. The maximum atomic E-state index is 12.9. The van der Waals surface area contributed by atoms with Crippen LogP contribution in [0.3, 0.4) is 0 Å². The van der Waals surface area contributed by atoms with Crippen LogP contribution in [-0.4, -0.2) is 17.4 Å². The molecule has 0 atom stereocenters. The Hall–Kier alpha value is -2.37. The lowest BCUT2D eigenvalue weighted by Crippen LogP contribution is -2.25. The van der Waals surface area contributed by atoms with Crippen LogP contribution in [0.25, 0.3) is 0 Å². The number of carbonyl (C=O) groups is 1. The van der Waals surface area contributed by atoms with Gasteiger partial charge in [-0.15, -0.1) is 0 Å². The Bertz CT molecular complexity index is 611. The highest BCUT2D eigenvalue weighted by molar-refractivity contribution is 5.93. The lowest BCUT2D eigenvalue weighted by Gasteiger charge is -2.06. The fourth-order valence-electron chi connectivity index (χ4n) is 1.72. The predicted octanol–water partition coefficient (Wildman–Crippen LogP) is 2.47. The highest BCUT2D eigenvalue weighted by Crippen LogP contribution is 2.08. The van der Waals surface area contributed by atoms with Crippen LogP contribution in [0, 0.1) is 17.6 Å². The number of carbonyl (C=O) groups excluding carboxylic acids is 1. The molecule has 0 bridgehead atoms. The van der Waals surface area contributed by atoms with Gasteiger partial charge in [0.05, 0.1) is 0 Å². The molecule has 1 N–H and O–H groups in total. The van der Waals surface area contributed by atoms with Crippen molar-refractivity contribution in [1.29, 1.82) is 0 Å². The number of benzene rings is 1. The zero-order chi connectivity index (χ0) is 14.5.